The van der Waals surface area contributed by atoms with E-state index >= 15 is 0 Å². The Bertz CT molecular complexity index is 93.0. The topological polar surface area (TPSA) is 15.6 Å². The third-order valence-electron chi connectivity index (χ3n) is 0.756. The number of halogens is 1. The number of rotatable bonds is 0. The Hall–Kier alpha value is 0.110. The lowest BCUT2D eigenvalue weighted by Crippen LogP contribution is -2.17. The van der Waals surface area contributed by atoms with E-state index in [-0.39, 0.29) is 12.4 Å². The first-order chi connectivity index (χ1) is 3.72. The van der Waals surface area contributed by atoms with Crippen LogP contribution in [0.2, 0.25) is 0 Å². The maximum Gasteiger partial charge on any atom is 0.158 e. The minimum atomic E-state index is 0. The van der Waals surface area contributed by atoms with Crippen LogP contribution in [0, 0.1) is 0 Å². The van der Waals surface area contributed by atoms with Gasteiger partial charge >= 0.3 is 0 Å². The van der Waals surface area contributed by atoms with Crippen molar-refractivity contribution in [3.8, 4) is 0 Å². The average molecular weight is 169 g/mol. The molecule has 2 nitrogen and oxygen atoms in total. The van der Waals surface area contributed by atoms with Gasteiger partial charge in [-0.3, -0.25) is 4.99 Å². The van der Waals surface area contributed by atoms with Crippen molar-refractivity contribution in [2.24, 2.45) is 4.99 Å². The predicted octanol–water partition coefficient (Wildman–Crippen LogP) is 1.32. The second-order valence-corrected chi connectivity index (χ2v) is 2.38. The van der Waals surface area contributed by atoms with Gasteiger partial charge in [-0.15, -0.1) is 12.4 Å². The summed E-state index contributed by atoms with van der Waals surface area (Å²) in [5.74, 6) is 0. The van der Waals surface area contributed by atoms with Gasteiger partial charge in [0.05, 0.1) is 0 Å². The molecule has 0 unspecified atom stereocenters. The van der Waals surface area contributed by atoms with E-state index in [2.05, 4.69) is 4.99 Å². The van der Waals surface area contributed by atoms with Gasteiger partial charge in [-0.1, -0.05) is 11.8 Å². The largest absolute Gasteiger partial charge is 0.358 e. The summed E-state index contributed by atoms with van der Waals surface area (Å²) in [5, 5.41) is 1.06. The third kappa shape index (κ3) is 4.60. The van der Waals surface area contributed by atoms with Gasteiger partial charge < -0.3 is 4.90 Å². The fourth-order valence-corrected chi connectivity index (χ4v) is 1.02. The van der Waals surface area contributed by atoms with E-state index in [1.165, 1.54) is 0 Å². The fourth-order valence-electron chi connectivity index (χ4n) is 0.474. The molecule has 0 aromatic rings. The average Bonchev–Trinajstić information content (AvgIpc) is 1.69. The summed E-state index contributed by atoms with van der Waals surface area (Å²) in [6.07, 6.45) is 2.02. The Morgan fingerprint density at radius 1 is 1.44 bits per heavy atom. The maximum absolute atomic E-state index is 4.01. The molecule has 0 heterocycles. The SMILES string of the molecule is CN=C(SC)N(C)C.Cl. The Balaban J connectivity index is 0. The van der Waals surface area contributed by atoms with E-state index in [9.17, 15) is 0 Å². The minimum Gasteiger partial charge on any atom is -0.358 e. The molecule has 0 radical (unpaired) electrons. The zero-order valence-electron chi connectivity index (χ0n) is 6.21. The van der Waals surface area contributed by atoms with Crippen molar-refractivity contribution in [2.75, 3.05) is 27.4 Å². The second-order valence-electron chi connectivity index (χ2n) is 1.60. The van der Waals surface area contributed by atoms with Gasteiger partial charge in [0.15, 0.2) is 5.17 Å². The molecule has 0 amide bonds. The van der Waals surface area contributed by atoms with Crippen LogP contribution >= 0.6 is 24.2 Å². The highest BCUT2D eigenvalue weighted by Crippen LogP contribution is 1.98. The molecule has 0 aromatic heterocycles. The van der Waals surface area contributed by atoms with Crippen LogP contribution in [0.4, 0.5) is 0 Å². The molecule has 0 atom stereocenters. The Labute approximate surface area is 67.1 Å². The normalized spacial score (nSPS) is 10.4. The molecule has 0 aromatic carbocycles. The van der Waals surface area contributed by atoms with Gasteiger partial charge in [-0.05, 0) is 6.26 Å². The van der Waals surface area contributed by atoms with Gasteiger partial charge in [0.25, 0.3) is 0 Å². The zero-order chi connectivity index (χ0) is 6.57. The van der Waals surface area contributed by atoms with Crippen LogP contribution in [0.15, 0.2) is 4.99 Å². The van der Waals surface area contributed by atoms with Crippen LogP contribution < -0.4 is 0 Å². The van der Waals surface area contributed by atoms with Gasteiger partial charge in [-0.2, -0.15) is 0 Å². The van der Waals surface area contributed by atoms with E-state index in [1.807, 2.05) is 25.3 Å². The summed E-state index contributed by atoms with van der Waals surface area (Å²) in [6, 6.07) is 0. The van der Waals surface area contributed by atoms with Crippen LogP contribution in [-0.2, 0) is 0 Å². The molecule has 9 heavy (non-hydrogen) atoms. The highest BCUT2D eigenvalue weighted by molar-refractivity contribution is 8.13. The van der Waals surface area contributed by atoms with Crippen molar-refractivity contribution in [3.63, 3.8) is 0 Å². The Kier molecular flexibility index (Phi) is 8.21. The molecular weight excluding hydrogens is 156 g/mol. The van der Waals surface area contributed by atoms with E-state index in [0.29, 0.717) is 0 Å². The Morgan fingerprint density at radius 2 is 1.89 bits per heavy atom. The number of thioether (sulfide) groups is 1. The summed E-state index contributed by atoms with van der Waals surface area (Å²) >= 11 is 1.65. The van der Waals surface area contributed by atoms with Crippen LogP contribution in [0.3, 0.4) is 0 Å². The molecular formula is C5H13ClN2S. The first kappa shape index (κ1) is 11.9. The summed E-state index contributed by atoms with van der Waals surface area (Å²) in [6.45, 7) is 0. The molecule has 0 N–H and O–H groups in total. The van der Waals surface area contributed by atoms with Crippen molar-refractivity contribution in [3.05, 3.63) is 0 Å². The van der Waals surface area contributed by atoms with E-state index in [1.54, 1.807) is 18.8 Å². The summed E-state index contributed by atoms with van der Waals surface area (Å²) < 4.78 is 0. The lowest BCUT2D eigenvalue weighted by molar-refractivity contribution is 0.635. The number of nitrogens with zero attached hydrogens (tertiary/aromatic N) is 2. The molecule has 0 bridgehead atoms. The number of hydrogen-bond donors (Lipinski definition) is 0. The van der Waals surface area contributed by atoms with E-state index in [0.717, 1.165) is 5.17 Å². The van der Waals surface area contributed by atoms with Crippen molar-refractivity contribution in [1.29, 1.82) is 0 Å². The van der Waals surface area contributed by atoms with Gasteiger partial charge in [0.2, 0.25) is 0 Å². The van der Waals surface area contributed by atoms with Crippen LogP contribution in [-0.4, -0.2) is 37.5 Å². The van der Waals surface area contributed by atoms with Crippen LogP contribution in [0.1, 0.15) is 0 Å². The molecule has 56 valence electrons. The minimum absolute atomic E-state index is 0. The van der Waals surface area contributed by atoms with Crippen molar-refractivity contribution in [1.82, 2.24) is 4.90 Å². The Morgan fingerprint density at radius 3 is 1.89 bits per heavy atom. The van der Waals surface area contributed by atoms with Crippen molar-refractivity contribution < 1.29 is 0 Å². The van der Waals surface area contributed by atoms with E-state index in [4.69, 9.17) is 0 Å². The monoisotopic (exact) mass is 168 g/mol. The van der Waals surface area contributed by atoms with Crippen molar-refractivity contribution in [2.45, 2.75) is 0 Å². The maximum atomic E-state index is 4.01. The molecule has 0 saturated carbocycles. The molecule has 0 fully saturated rings. The predicted molar refractivity (Wildman–Crippen MR) is 47.8 cm³/mol. The van der Waals surface area contributed by atoms with Crippen LogP contribution in [0.5, 0.6) is 0 Å². The van der Waals surface area contributed by atoms with E-state index < -0.39 is 0 Å². The second kappa shape index (κ2) is 6.23. The van der Waals surface area contributed by atoms with Crippen molar-refractivity contribution >= 4 is 29.3 Å². The third-order valence-corrected chi connectivity index (χ3v) is 1.67. The molecule has 0 aliphatic heterocycles. The lowest BCUT2D eigenvalue weighted by Gasteiger charge is -2.10. The summed E-state index contributed by atoms with van der Waals surface area (Å²) in [7, 11) is 5.77. The summed E-state index contributed by atoms with van der Waals surface area (Å²) in [5.41, 5.74) is 0. The van der Waals surface area contributed by atoms with Crippen LogP contribution in [0.25, 0.3) is 0 Å². The van der Waals surface area contributed by atoms with Gasteiger partial charge in [-0.25, -0.2) is 0 Å². The van der Waals surface area contributed by atoms with Gasteiger partial charge in [0.1, 0.15) is 0 Å². The molecule has 0 aliphatic rings. The fraction of sp³-hybridized carbons (Fsp3) is 0.800. The quantitative estimate of drug-likeness (QED) is 0.401. The first-order valence-electron chi connectivity index (χ1n) is 2.40. The standard InChI is InChI=1S/C5H12N2S.ClH/c1-6-5(8-4)7(2)3;/h1-4H3;1H. The molecule has 0 spiro atoms. The smallest absolute Gasteiger partial charge is 0.158 e. The summed E-state index contributed by atoms with van der Waals surface area (Å²) in [4.78, 5) is 6.00. The number of aliphatic imine (C=N–C) groups is 1. The highest BCUT2D eigenvalue weighted by Gasteiger charge is 1.93. The van der Waals surface area contributed by atoms with Gasteiger partial charge in [0, 0.05) is 21.1 Å². The molecule has 0 rings (SSSR count). The molecule has 0 saturated heterocycles. The number of amidine groups is 1. The molecule has 0 aliphatic carbocycles. The zero-order valence-corrected chi connectivity index (χ0v) is 7.84. The number of hydrogen-bond acceptors (Lipinski definition) is 2. The first-order valence-corrected chi connectivity index (χ1v) is 3.63. The molecule has 4 heteroatoms. The lowest BCUT2D eigenvalue weighted by atomic mass is 10.9. The highest BCUT2D eigenvalue weighted by atomic mass is 35.5.